The van der Waals surface area contributed by atoms with Crippen molar-refractivity contribution in [1.29, 1.82) is 0 Å². The molecule has 0 aromatic carbocycles. The van der Waals surface area contributed by atoms with E-state index in [2.05, 4.69) is 4.98 Å². The molecule has 4 N–H and O–H groups in total. The second kappa shape index (κ2) is 4.80. The van der Waals surface area contributed by atoms with Crippen molar-refractivity contribution >= 4 is 17.5 Å². The van der Waals surface area contributed by atoms with Gasteiger partial charge in [-0.3, -0.25) is 0 Å². The van der Waals surface area contributed by atoms with Crippen LogP contribution < -0.4 is 10.6 Å². The fourth-order valence-electron chi connectivity index (χ4n) is 1.22. The standard InChI is InChI=1S/C10H15N3O3/c1-6(5-14)13(2)9-8(11)3-7(4-12-9)10(15)16/h3-4,6,14H,5,11H2,1-2H3,(H,15,16). The number of nitrogens with zero attached hydrogens (tertiary/aromatic N) is 2. The molecule has 0 amide bonds. The Balaban J connectivity index is 3.03. The molecule has 0 spiro atoms. The van der Waals surface area contributed by atoms with Gasteiger partial charge in [0.15, 0.2) is 5.82 Å². The summed E-state index contributed by atoms with van der Waals surface area (Å²) in [5.41, 5.74) is 6.03. The Kier molecular flexibility index (Phi) is 3.68. The summed E-state index contributed by atoms with van der Waals surface area (Å²) in [4.78, 5) is 16.3. The van der Waals surface area contributed by atoms with E-state index in [0.717, 1.165) is 0 Å². The van der Waals surface area contributed by atoms with E-state index in [1.807, 2.05) is 6.92 Å². The van der Waals surface area contributed by atoms with Crippen molar-refractivity contribution in [2.45, 2.75) is 13.0 Å². The first-order valence-electron chi connectivity index (χ1n) is 4.80. The number of hydrogen-bond acceptors (Lipinski definition) is 5. The molecule has 1 rings (SSSR count). The maximum atomic E-state index is 10.7. The number of anilines is 2. The van der Waals surface area contributed by atoms with Crippen LogP contribution in [0.5, 0.6) is 0 Å². The van der Waals surface area contributed by atoms with Crippen LogP contribution >= 0.6 is 0 Å². The molecular weight excluding hydrogens is 210 g/mol. The van der Waals surface area contributed by atoms with Gasteiger partial charge < -0.3 is 20.8 Å². The molecule has 0 fully saturated rings. The fourth-order valence-corrected chi connectivity index (χ4v) is 1.22. The van der Waals surface area contributed by atoms with Crippen LogP contribution in [0.15, 0.2) is 12.3 Å². The Morgan fingerprint density at radius 1 is 1.69 bits per heavy atom. The lowest BCUT2D eigenvalue weighted by Crippen LogP contribution is -2.33. The topological polar surface area (TPSA) is 99.7 Å². The van der Waals surface area contributed by atoms with Crippen molar-refractivity contribution in [2.75, 3.05) is 24.3 Å². The third-order valence-electron chi connectivity index (χ3n) is 2.40. The number of aromatic nitrogens is 1. The molecule has 0 aliphatic rings. The number of likely N-dealkylation sites (N-methyl/N-ethyl adjacent to an activating group) is 1. The average Bonchev–Trinajstić information content (AvgIpc) is 2.26. The van der Waals surface area contributed by atoms with Crippen molar-refractivity contribution in [3.63, 3.8) is 0 Å². The van der Waals surface area contributed by atoms with Crippen molar-refractivity contribution in [3.8, 4) is 0 Å². The predicted octanol–water partition coefficient (Wildman–Crippen LogP) is 0.179. The summed E-state index contributed by atoms with van der Waals surface area (Å²) in [6.45, 7) is 1.78. The van der Waals surface area contributed by atoms with E-state index in [9.17, 15) is 4.79 Å². The molecule has 1 aromatic rings. The molecule has 0 radical (unpaired) electrons. The van der Waals surface area contributed by atoms with Gasteiger partial charge in [-0.05, 0) is 13.0 Å². The second-order valence-electron chi connectivity index (χ2n) is 3.58. The molecule has 0 aliphatic heterocycles. The summed E-state index contributed by atoms with van der Waals surface area (Å²) >= 11 is 0. The lowest BCUT2D eigenvalue weighted by Gasteiger charge is -2.25. The van der Waals surface area contributed by atoms with Crippen LogP contribution in [-0.2, 0) is 0 Å². The SMILES string of the molecule is CC(CO)N(C)c1ncc(C(=O)O)cc1N. The van der Waals surface area contributed by atoms with Crippen LogP contribution in [0.25, 0.3) is 0 Å². The molecule has 0 saturated heterocycles. The van der Waals surface area contributed by atoms with E-state index in [0.29, 0.717) is 5.82 Å². The van der Waals surface area contributed by atoms with Gasteiger partial charge in [0, 0.05) is 13.2 Å². The highest BCUT2D eigenvalue weighted by molar-refractivity contribution is 5.89. The number of aromatic carboxylic acids is 1. The van der Waals surface area contributed by atoms with Gasteiger partial charge in [-0.2, -0.15) is 0 Å². The minimum atomic E-state index is -1.07. The van der Waals surface area contributed by atoms with Crippen LogP contribution in [0.2, 0.25) is 0 Å². The van der Waals surface area contributed by atoms with Gasteiger partial charge in [0.05, 0.1) is 23.9 Å². The minimum absolute atomic E-state index is 0.0295. The molecule has 0 aliphatic carbocycles. The number of aliphatic hydroxyl groups excluding tert-OH is 1. The van der Waals surface area contributed by atoms with Gasteiger partial charge >= 0.3 is 5.97 Å². The molecular formula is C10H15N3O3. The summed E-state index contributed by atoms with van der Waals surface area (Å²) in [6.07, 6.45) is 1.24. The van der Waals surface area contributed by atoms with Crippen LogP contribution in [-0.4, -0.2) is 40.9 Å². The van der Waals surface area contributed by atoms with Crippen LogP contribution in [0.3, 0.4) is 0 Å². The summed E-state index contributed by atoms with van der Waals surface area (Å²) in [5, 5.41) is 17.7. The Labute approximate surface area is 93.3 Å². The van der Waals surface area contributed by atoms with Crippen molar-refractivity contribution in [3.05, 3.63) is 17.8 Å². The van der Waals surface area contributed by atoms with Gasteiger partial charge in [0.1, 0.15) is 0 Å². The van der Waals surface area contributed by atoms with E-state index < -0.39 is 5.97 Å². The monoisotopic (exact) mass is 225 g/mol. The number of hydrogen-bond donors (Lipinski definition) is 3. The lowest BCUT2D eigenvalue weighted by molar-refractivity contribution is 0.0696. The summed E-state index contributed by atoms with van der Waals surface area (Å²) in [5.74, 6) is -0.602. The maximum absolute atomic E-state index is 10.7. The van der Waals surface area contributed by atoms with Gasteiger partial charge in [0.2, 0.25) is 0 Å². The third-order valence-corrected chi connectivity index (χ3v) is 2.40. The zero-order chi connectivity index (χ0) is 12.3. The summed E-state index contributed by atoms with van der Waals surface area (Å²) in [7, 11) is 1.74. The van der Waals surface area contributed by atoms with Gasteiger partial charge in [-0.15, -0.1) is 0 Å². The Bertz CT molecular complexity index is 395. The van der Waals surface area contributed by atoms with Crippen LogP contribution in [0, 0.1) is 0 Å². The molecule has 6 nitrogen and oxygen atoms in total. The fraction of sp³-hybridized carbons (Fsp3) is 0.400. The number of nitrogens with two attached hydrogens (primary N) is 1. The predicted molar refractivity (Wildman–Crippen MR) is 60.6 cm³/mol. The Morgan fingerprint density at radius 3 is 2.75 bits per heavy atom. The number of carboxylic acids is 1. The van der Waals surface area contributed by atoms with E-state index in [4.69, 9.17) is 15.9 Å². The Morgan fingerprint density at radius 2 is 2.31 bits per heavy atom. The largest absolute Gasteiger partial charge is 0.478 e. The van der Waals surface area contributed by atoms with E-state index in [1.54, 1.807) is 11.9 Å². The first-order chi connectivity index (χ1) is 7.47. The van der Waals surface area contributed by atoms with E-state index in [-0.39, 0.29) is 23.9 Å². The average molecular weight is 225 g/mol. The third kappa shape index (κ3) is 2.40. The van der Waals surface area contributed by atoms with E-state index >= 15 is 0 Å². The normalized spacial score (nSPS) is 12.2. The number of rotatable bonds is 4. The maximum Gasteiger partial charge on any atom is 0.337 e. The minimum Gasteiger partial charge on any atom is -0.478 e. The smallest absolute Gasteiger partial charge is 0.337 e. The summed E-state index contributed by atoms with van der Waals surface area (Å²) in [6, 6.07) is 1.22. The zero-order valence-electron chi connectivity index (χ0n) is 9.21. The number of carboxylic acid groups (broad SMARTS) is 1. The number of pyridine rings is 1. The highest BCUT2D eigenvalue weighted by Crippen LogP contribution is 2.21. The van der Waals surface area contributed by atoms with Gasteiger partial charge in [-0.25, -0.2) is 9.78 Å². The van der Waals surface area contributed by atoms with Crippen molar-refractivity contribution in [1.82, 2.24) is 4.98 Å². The quantitative estimate of drug-likeness (QED) is 0.676. The molecule has 16 heavy (non-hydrogen) atoms. The zero-order valence-corrected chi connectivity index (χ0v) is 9.21. The molecule has 0 bridgehead atoms. The van der Waals surface area contributed by atoms with Gasteiger partial charge in [-0.1, -0.05) is 0 Å². The molecule has 1 atom stereocenters. The number of nitrogen functional groups attached to an aromatic ring is 1. The molecule has 88 valence electrons. The second-order valence-corrected chi connectivity index (χ2v) is 3.58. The van der Waals surface area contributed by atoms with Crippen LogP contribution in [0.1, 0.15) is 17.3 Å². The first-order valence-corrected chi connectivity index (χ1v) is 4.80. The highest BCUT2D eigenvalue weighted by Gasteiger charge is 2.14. The number of aliphatic hydroxyl groups is 1. The molecule has 1 heterocycles. The lowest BCUT2D eigenvalue weighted by atomic mass is 10.2. The molecule has 1 unspecified atom stereocenters. The first kappa shape index (κ1) is 12.3. The van der Waals surface area contributed by atoms with Gasteiger partial charge in [0.25, 0.3) is 0 Å². The molecule has 1 aromatic heterocycles. The number of carbonyl (C=O) groups is 1. The highest BCUT2D eigenvalue weighted by atomic mass is 16.4. The van der Waals surface area contributed by atoms with Crippen molar-refractivity contribution < 1.29 is 15.0 Å². The van der Waals surface area contributed by atoms with Crippen molar-refractivity contribution in [2.24, 2.45) is 0 Å². The summed E-state index contributed by atoms with van der Waals surface area (Å²) < 4.78 is 0. The van der Waals surface area contributed by atoms with Crippen LogP contribution in [0.4, 0.5) is 11.5 Å². The molecule has 6 heteroatoms. The Hall–Kier alpha value is -1.82. The van der Waals surface area contributed by atoms with E-state index in [1.165, 1.54) is 12.3 Å². The molecule has 0 saturated carbocycles.